The fraction of sp³-hybridized carbons (Fsp3) is 0.333. The Morgan fingerprint density at radius 3 is 2.47 bits per heavy atom. The van der Waals surface area contributed by atoms with Crippen LogP contribution >= 0.6 is 23.2 Å². The van der Waals surface area contributed by atoms with E-state index in [9.17, 15) is 8.42 Å². The summed E-state index contributed by atoms with van der Waals surface area (Å²) in [4.78, 5) is 8.83. The van der Waals surface area contributed by atoms with Gasteiger partial charge in [0, 0.05) is 28.4 Å². The molecule has 8 nitrogen and oxygen atoms in total. The maximum atomic E-state index is 13.4. The van der Waals surface area contributed by atoms with Crippen LogP contribution in [-0.2, 0) is 28.0 Å². The fourth-order valence-corrected chi connectivity index (χ4v) is 4.95. The second-order valence-corrected chi connectivity index (χ2v) is 9.53. The van der Waals surface area contributed by atoms with Gasteiger partial charge < -0.3 is 18.6 Å². The maximum absolute atomic E-state index is 13.4. The second-order valence-electron chi connectivity index (χ2n) is 7.20. The molecule has 0 saturated heterocycles. The Labute approximate surface area is 196 Å². The Balaban J connectivity index is 2.11. The van der Waals surface area contributed by atoms with E-state index in [1.54, 1.807) is 18.3 Å². The Morgan fingerprint density at radius 1 is 1.16 bits per heavy atom. The van der Waals surface area contributed by atoms with Crippen LogP contribution in [0.1, 0.15) is 37.0 Å². The molecule has 3 aromatic rings. The van der Waals surface area contributed by atoms with Crippen LogP contribution in [0.4, 0.5) is 0 Å². The van der Waals surface area contributed by atoms with Crippen molar-refractivity contribution in [1.82, 2.24) is 14.5 Å². The molecular weight excluding hydrogens is 477 g/mol. The number of halogens is 2. The molecule has 0 bridgehead atoms. The summed E-state index contributed by atoms with van der Waals surface area (Å²) in [6, 6.07) is 9.57. The molecular formula is C21H23Cl2N3O5S. The van der Waals surface area contributed by atoms with E-state index < -0.39 is 10.1 Å². The molecule has 0 aliphatic rings. The lowest BCUT2D eigenvalue weighted by Gasteiger charge is -2.14. The summed E-state index contributed by atoms with van der Waals surface area (Å²) in [7, 11) is -4.33. The summed E-state index contributed by atoms with van der Waals surface area (Å²) in [6.07, 6.45) is 1.62. The minimum absolute atomic E-state index is 0.00558. The largest absolute Gasteiger partial charge is 0.394 e. The SMILES string of the molecule is CC(C)c1nc(COCCO)n(Cc2ccccn2)c1S(=O)(=O)Oc1cc(Cl)cc(Cl)c1. The summed E-state index contributed by atoms with van der Waals surface area (Å²) in [6.45, 7) is 3.73. The van der Waals surface area contributed by atoms with Gasteiger partial charge in [-0.1, -0.05) is 43.1 Å². The smallest absolute Gasteiger partial charge is 0.357 e. The van der Waals surface area contributed by atoms with Gasteiger partial charge in [0.15, 0.2) is 5.03 Å². The van der Waals surface area contributed by atoms with Gasteiger partial charge in [-0.3, -0.25) is 4.98 Å². The van der Waals surface area contributed by atoms with Crippen molar-refractivity contribution in [2.75, 3.05) is 13.2 Å². The summed E-state index contributed by atoms with van der Waals surface area (Å²) in [5.41, 5.74) is 0.961. The highest BCUT2D eigenvalue weighted by Gasteiger charge is 2.32. The maximum Gasteiger partial charge on any atom is 0.357 e. The van der Waals surface area contributed by atoms with Gasteiger partial charge in [0.1, 0.15) is 18.2 Å². The average molecular weight is 500 g/mol. The standard InChI is InChI=1S/C21H23Cl2N3O5S/c1-14(2)20-21(32(28,29)31-18-10-15(22)9-16(23)11-18)26(12-17-5-3-4-6-24-17)19(25-20)13-30-8-7-27/h3-6,9-11,14,27H,7-8,12-13H2,1-2H3. The van der Waals surface area contributed by atoms with Crippen LogP contribution < -0.4 is 4.18 Å². The Hall–Kier alpha value is -2.17. The van der Waals surface area contributed by atoms with Crippen molar-refractivity contribution < 1.29 is 22.4 Å². The lowest BCUT2D eigenvalue weighted by molar-refractivity contribution is 0.0758. The minimum atomic E-state index is -4.33. The van der Waals surface area contributed by atoms with Crippen LogP contribution in [0.25, 0.3) is 0 Å². The molecule has 32 heavy (non-hydrogen) atoms. The molecule has 11 heteroatoms. The highest BCUT2D eigenvalue weighted by atomic mass is 35.5. The Kier molecular flexibility index (Phi) is 8.13. The zero-order valence-corrected chi connectivity index (χ0v) is 19.9. The summed E-state index contributed by atoms with van der Waals surface area (Å²) in [5, 5.41) is 9.42. The highest BCUT2D eigenvalue weighted by Crippen LogP contribution is 2.31. The van der Waals surface area contributed by atoms with Gasteiger partial charge in [-0.2, -0.15) is 8.42 Å². The molecule has 0 atom stereocenters. The van der Waals surface area contributed by atoms with Gasteiger partial charge in [0.05, 0.1) is 31.1 Å². The van der Waals surface area contributed by atoms with E-state index in [1.165, 1.54) is 22.8 Å². The van der Waals surface area contributed by atoms with E-state index >= 15 is 0 Å². The van der Waals surface area contributed by atoms with Crippen LogP contribution in [0.2, 0.25) is 10.0 Å². The van der Waals surface area contributed by atoms with Crippen molar-refractivity contribution in [3.63, 3.8) is 0 Å². The van der Waals surface area contributed by atoms with Crippen molar-refractivity contribution in [2.45, 2.75) is 37.9 Å². The van der Waals surface area contributed by atoms with Crippen molar-refractivity contribution in [3.8, 4) is 5.75 Å². The van der Waals surface area contributed by atoms with Gasteiger partial charge in [-0.05, 0) is 24.1 Å². The third kappa shape index (κ3) is 5.99. The Bertz CT molecular complexity index is 1150. The topological polar surface area (TPSA) is 104 Å². The monoisotopic (exact) mass is 499 g/mol. The molecule has 172 valence electrons. The summed E-state index contributed by atoms with van der Waals surface area (Å²) < 4.78 is 39.2. The lowest BCUT2D eigenvalue weighted by atomic mass is 10.1. The molecule has 1 aromatic carbocycles. The van der Waals surface area contributed by atoms with Gasteiger partial charge in [-0.25, -0.2) is 4.98 Å². The quantitative estimate of drug-likeness (QED) is 0.331. The molecule has 0 radical (unpaired) electrons. The molecule has 0 fully saturated rings. The molecule has 0 spiro atoms. The third-order valence-electron chi connectivity index (χ3n) is 4.36. The van der Waals surface area contributed by atoms with Gasteiger partial charge in [0.2, 0.25) is 0 Å². The number of aromatic nitrogens is 3. The molecule has 0 amide bonds. The van der Waals surface area contributed by atoms with E-state index in [4.69, 9.17) is 37.2 Å². The van der Waals surface area contributed by atoms with Gasteiger partial charge in [0.25, 0.3) is 0 Å². The number of imidazole rings is 1. The van der Waals surface area contributed by atoms with Crippen molar-refractivity contribution in [2.24, 2.45) is 0 Å². The predicted molar refractivity (Wildman–Crippen MR) is 121 cm³/mol. The first-order chi connectivity index (χ1) is 15.2. The predicted octanol–water partition coefficient (Wildman–Crippen LogP) is 4.03. The van der Waals surface area contributed by atoms with E-state index in [1.807, 2.05) is 19.9 Å². The Morgan fingerprint density at radius 2 is 1.88 bits per heavy atom. The number of rotatable bonds is 10. The van der Waals surface area contributed by atoms with Crippen LogP contribution in [0.5, 0.6) is 5.75 Å². The summed E-state index contributed by atoms with van der Waals surface area (Å²) >= 11 is 12.0. The van der Waals surface area contributed by atoms with Crippen molar-refractivity contribution in [3.05, 3.63) is 69.9 Å². The van der Waals surface area contributed by atoms with Crippen LogP contribution in [0.3, 0.4) is 0 Å². The zero-order chi connectivity index (χ0) is 23.3. The first kappa shape index (κ1) is 24.5. The second kappa shape index (κ2) is 10.6. The molecule has 0 aliphatic heterocycles. The van der Waals surface area contributed by atoms with E-state index in [2.05, 4.69) is 9.97 Å². The van der Waals surface area contributed by atoms with Crippen LogP contribution in [0, 0.1) is 0 Å². The first-order valence-corrected chi connectivity index (χ1v) is 12.0. The fourth-order valence-electron chi connectivity index (χ4n) is 3.04. The third-order valence-corrected chi connectivity index (χ3v) is 6.12. The van der Waals surface area contributed by atoms with E-state index in [0.29, 0.717) is 17.2 Å². The number of pyridine rings is 1. The van der Waals surface area contributed by atoms with Gasteiger partial charge in [-0.15, -0.1) is 0 Å². The highest BCUT2D eigenvalue weighted by molar-refractivity contribution is 7.87. The van der Waals surface area contributed by atoms with E-state index in [0.717, 1.165) is 0 Å². The van der Waals surface area contributed by atoms with Crippen LogP contribution in [-0.4, -0.2) is 41.3 Å². The first-order valence-electron chi connectivity index (χ1n) is 9.79. The minimum Gasteiger partial charge on any atom is -0.394 e. The molecule has 1 N–H and O–H groups in total. The summed E-state index contributed by atoms with van der Waals surface area (Å²) in [5.74, 6) is 0.132. The number of aliphatic hydroxyl groups excluding tert-OH is 1. The van der Waals surface area contributed by atoms with Gasteiger partial charge >= 0.3 is 10.1 Å². The molecule has 0 aliphatic carbocycles. The number of hydrogen-bond acceptors (Lipinski definition) is 7. The van der Waals surface area contributed by atoms with Crippen molar-refractivity contribution in [1.29, 1.82) is 0 Å². The lowest BCUT2D eigenvalue weighted by Crippen LogP contribution is -2.19. The average Bonchev–Trinajstić information content (AvgIpc) is 3.07. The number of ether oxygens (including phenoxy) is 1. The number of aliphatic hydroxyl groups is 1. The normalized spacial score (nSPS) is 11.8. The number of hydrogen-bond donors (Lipinski definition) is 1. The number of nitrogens with zero attached hydrogens (tertiary/aromatic N) is 3. The van der Waals surface area contributed by atoms with E-state index in [-0.39, 0.29) is 53.1 Å². The van der Waals surface area contributed by atoms with Crippen LogP contribution in [0.15, 0.2) is 47.6 Å². The molecule has 2 aromatic heterocycles. The van der Waals surface area contributed by atoms with Crippen molar-refractivity contribution >= 4 is 33.3 Å². The number of benzene rings is 1. The molecule has 3 rings (SSSR count). The zero-order valence-electron chi connectivity index (χ0n) is 17.5. The molecule has 2 heterocycles. The molecule has 0 saturated carbocycles. The molecule has 0 unspecified atom stereocenters.